The van der Waals surface area contributed by atoms with E-state index in [2.05, 4.69) is 24.3 Å². The Kier molecular flexibility index (Phi) is 6.99. The van der Waals surface area contributed by atoms with E-state index in [4.69, 9.17) is 18.9 Å². The van der Waals surface area contributed by atoms with E-state index in [1.54, 1.807) is 28.4 Å². The van der Waals surface area contributed by atoms with Gasteiger partial charge in [-0.3, -0.25) is 0 Å². The SMILES string of the molecule is COc1cc(OC)cc([Te][Te]c2cc(OC)cc(OC)c2)c1. The molecule has 2 rings (SSSR count). The van der Waals surface area contributed by atoms with Crippen molar-refractivity contribution >= 4 is 41.3 Å². The number of hydrogen-bond acceptors (Lipinski definition) is 4. The summed E-state index contributed by atoms with van der Waals surface area (Å²) in [7, 11) is 6.73. The van der Waals surface area contributed by atoms with Gasteiger partial charge in [0.1, 0.15) is 0 Å². The van der Waals surface area contributed by atoms with Gasteiger partial charge in [-0.05, 0) is 0 Å². The average Bonchev–Trinajstić information content (AvgIpc) is 2.59. The van der Waals surface area contributed by atoms with Gasteiger partial charge in [0.2, 0.25) is 0 Å². The molecule has 0 radical (unpaired) electrons. The first-order valence-corrected chi connectivity index (χ1v) is 16.2. The quantitative estimate of drug-likeness (QED) is 0.502. The molecule has 0 atom stereocenters. The number of hydrogen-bond donors (Lipinski definition) is 0. The van der Waals surface area contributed by atoms with Crippen LogP contribution in [0.5, 0.6) is 23.0 Å². The average molecular weight is 530 g/mol. The Morgan fingerprint density at radius 3 is 1.00 bits per heavy atom. The molecule has 118 valence electrons. The molecule has 0 N–H and O–H groups in total. The maximum absolute atomic E-state index is 5.34. The molecule has 0 heterocycles. The van der Waals surface area contributed by atoms with E-state index in [-0.39, 0.29) is 34.1 Å². The van der Waals surface area contributed by atoms with Crippen LogP contribution >= 0.6 is 0 Å². The minimum atomic E-state index is -0.272. The van der Waals surface area contributed by atoms with Crippen LogP contribution in [0.1, 0.15) is 0 Å². The molecule has 6 heteroatoms. The van der Waals surface area contributed by atoms with Gasteiger partial charge in [-0.1, -0.05) is 0 Å². The van der Waals surface area contributed by atoms with E-state index in [1.807, 2.05) is 12.1 Å². The Balaban J connectivity index is 2.15. The number of ether oxygens (including phenoxy) is 4. The normalized spacial score (nSPS) is 10.2. The van der Waals surface area contributed by atoms with Gasteiger partial charge in [0.25, 0.3) is 0 Å². The number of rotatable bonds is 7. The number of methoxy groups -OCH3 is 4. The molecular weight excluding hydrogens is 511 g/mol. The first kappa shape index (κ1) is 17.6. The van der Waals surface area contributed by atoms with Crippen LogP contribution in [0.15, 0.2) is 36.4 Å². The molecule has 0 aliphatic rings. The molecule has 0 amide bonds. The van der Waals surface area contributed by atoms with Crippen molar-refractivity contribution in [2.24, 2.45) is 0 Å². The van der Waals surface area contributed by atoms with Gasteiger partial charge in [-0.15, -0.1) is 0 Å². The Morgan fingerprint density at radius 2 is 0.773 bits per heavy atom. The fourth-order valence-corrected chi connectivity index (χ4v) is 11.5. The predicted octanol–water partition coefficient (Wildman–Crippen LogP) is 0.995. The summed E-state index contributed by atoms with van der Waals surface area (Å²) in [5, 5.41) is 0. The third-order valence-electron chi connectivity index (χ3n) is 2.88. The summed E-state index contributed by atoms with van der Waals surface area (Å²) >= 11 is -0.544. The molecule has 0 bridgehead atoms. The zero-order valence-electron chi connectivity index (χ0n) is 12.9. The van der Waals surface area contributed by atoms with E-state index in [9.17, 15) is 0 Å². The molecule has 22 heavy (non-hydrogen) atoms. The van der Waals surface area contributed by atoms with E-state index >= 15 is 0 Å². The van der Waals surface area contributed by atoms with Crippen LogP contribution in [0.4, 0.5) is 0 Å². The van der Waals surface area contributed by atoms with Crippen molar-refractivity contribution in [2.45, 2.75) is 0 Å². The van der Waals surface area contributed by atoms with E-state index in [0.29, 0.717) is 0 Å². The zero-order valence-corrected chi connectivity index (χ0v) is 17.6. The predicted molar refractivity (Wildman–Crippen MR) is 89.9 cm³/mol. The zero-order chi connectivity index (χ0) is 15.9. The number of benzene rings is 2. The fraction of sp³-hybridized carbons (Fsp3) is 0.250. The summed E-state index contributed by atoms with van der Waals surface area (Å²) in [6.07, 6.45) is 0. The monoisotopic (exact) mass is 534 g/mol. The molecule has 2 aromatic rings. The second-order valence-electron chi connectivity index (χ2n) is 4.26. The third-order valence-corrected chi connectivity index (χ3v) is 14.5. The molecule has 0 aromatic heterocycles. The molecule has 0 fully saturated rings. The van der Waals surface area contributed by atoms with E-state index < -0.39 is 0 Å². The minimum absolute atomic E-state index is 0.272. The summed E-state index contributed by atoms with van der Waals surface area (Å²) < 4.78 is 24.1. The standard InChI is InChI=1S/C16H18O4Te2/c1-17-11-5-12(18-2)8-15(7-11)21-22-16-9-13(19-3)6-14(10-16)20-4/h5-10H,1-4H3. The first-order chi connectivity index (χ1) is 10.7. The van der Waals surface area contributed by atoms with Crippen molar-refractivity contribution in [1.82, 2.24) is 0 Å². The van der Waals surface area contributed by atoms with Gasteiger partial charge in [-0.25, -0.2) is 0 Å². The van der Waals surface area contributed by atoms with Crippen LogP contribution in [0.2, 0.25) is 0 Å². The fourth-order valence-electron chi connectivity index (χ4n) is 1.76. The van der Waals surface area contributed by atoms with Crippen molar-refractivity contribution < 1.29 is 18.9 Å². The van der Waals surface area contributed by atoms with Crippen LogP contribution in [0.3, 0.4) is 0 Å². The van der Waals surface area contributed by atoms with Crippen molar-refractivity contribution in [1.29, 1.82) is 0 Å². The summed E-state index contributed by atoms with van der Waals surface area (Å²) in [6, 6.07) is 12.3. The Labute approximate surface area is 147 Å². The summed E-state index contributed by atoms with van der Waals surface area (Å²) in [4.78, 5) is 0. The van der Waals surface area contributed by atoms with Crippen LogP contribution in [-0.2, 0) is 0 Å². The Bertz CT molecular complexity index is 532. The van der Waals surface area contributed by atoms with Crippen LogP contribution < -0.4 is 26.2 Å². The van der Waals surface area contributed by atoms with Gasteiger partial charge in [0, 0.05) is 0 Å². The van der Waals surface area contributed by atoms with Gasteiger partial charge in [0.15, 0.2) is 0 Å². The van der Waals surface area contributed by atoms with Crippen LogP contribution in [-0.4, -0.2) is 62.6 Å². The van der Waals surface area contributed by atoms with Crippen molar-refractivity contribution in [3.05, 3.63) is 36.4 Å². The molecule has 0 spiro atoms. The molecule has 2 aromatic carbocycles. The summed E-state index contributed by atoms with van der Waals surface area (Å²) in [6.45, 7) is 0. The molecular formula is C16H18O4Te2. The molecule has 4 nitrogen and oxygen atoms in total. The van der Waals surface area contributed by atoms with Gasteiger partial charge < -0.3 is 0 Å². The summed E-state index contributed by atoms with van der Waals surface area (Å²) in [5.41, 5.74) is 0. The summed E-state index contributed by atoms with van der Waals surface area (Å²) in [5.74, 6) is 3.43. The van der Waals surface area contributed by atoms with Gasteiger partial charge in [-0.2, -0.15) is 0 Å². The van der Waals surface area contributed by atoms with Crippen molar-refractivity contribution in [3.8, 4) is 23.0 Å². The van der Waals surface area contributed by atoms with E-state index in [0.717, 1.165) is 23.0 Å². The molecule has 0 saturated heterocycles. The second-order valence-corrected chi connectivity index (χ2v) is 14.3. The van der Waals surface area contributed by atoms with Crippen LogP contribution in [0.25, 0.3) is 0 Å². The van der Waals surface area contributed by atoms with E-state index in [1.165, 1.54) is 7.22 Å². The molecule has 0 aliphatic heterocycles. The molecule has 0 unspecified atom stereocenters. The Hall–Kier alpha value is -0.781. The first-order valence-electron chi connectivity index (χ1n) is 6.49. The topological polar surface area (TPSA) is 36.9 Å². The molecule has 0 saturated carbocycles. The molecule has 0 aliphatic carbocycles. The second kappa shape index (κ2) is 8.75. The van der Waals surface area contributed by atoms with Crippen molar-refractivity contribution in [2.75, 3.05) is 28.4 Å². The van der Waals surface area contributed by atoms with Gasteiger partial charge in [0.05, 0.1) is 0 Å². The third kappa shape index (κ3) is 4.86. The Morgan fingerprint density at radius 1 is 0.500 bits per heavy atom. The van der Waals surface area contributed by atoms with Gasteiger partial charge >= 0.3 is 148 Å². The van der Waals surface area contributed by atoms with Crippen LogP contribution in [0, 0.1) is 0 Å². The van der Waals surface area contributed by atoms with Crippen molar-refractivity contribution in [3.63, 3.8) is 0 Å². The maximum atomic E-state index is 5.34.